The molecule has 1 rings (SSSR count). The topological polar surface area (TPSA) is 14.1 Å². The van der Waals surface area contributed by atoms with Gasteiger partial charge in [0, 0.05) is 0 Å². The van der Waals surface area contributed by atoms with Crippen molar-refractivity contribution in [1.82, 2.24) is 0 Å². The third kappa shape index (κ3) is 11.7. The fraction of sp³-hybridized carbons (Fsp3) is 0.688. The molecule has 0 amide bonds. The Morgan fingerprint density at radius 2 is 0.909 bits per heavy atom. The van der Waals surface area contributed by atoms with Crippen LogP contribution in [-0.2, 0) is 25.8 Å². The summed E-state index contributed by atoms with van der Waals surface area (Å²) in [4.78, 5) is 0. The quantitative estimate of drug-likeness (QED) is 0.367. The van der Waals surface area contributed by atoms with Gasteiger partial charge in [-0.1, -0.05) is 90.4 Å². The molecule has 1 nitrogen and oxygen atoms in total. The van der Waals surface area contributed by atoms with E-state index in [4.69, 9.17) is 4.65 Å². The summed E-state index contributed by atoms with van der Waals surface area (Å²) in [7, 11) is -2.21. The summed E-state index contributed by atoms with van der Waals surface area (Å²) in [5.74, 6) is 0. The second kappa shape index (κ2) is 11.7. The molecule has 22 heavy (non-hydrogen) atoms. The molecule has 0 aromatic heterocycles. The average Bonchev–Trinajstić information content (AvgIpc) is 2.32. The molecule has 0 N–H and O–H groups in total. The first kappa shape index (κ1) is 31.0. The minimum Gasteiger partial charge on any atom is -1.00 e. The monoisotopic (exact) mass is 545 g/mol. The minimum absolute atomic E-state index is 0. The van der Waals surface area contributed by atoms with Gasteiger partial charge in [-0.3, -0.25) is 0 Å². The van der Waals surface area contributed by atoms with Crippen LogP contribution in [0.3, 0.4) is 0 Å². The molecular weight excluding hydrogens is 512 g/mol. The molecule has 0 radical (unpaired) electrons. The van der Waals surface area contributed by atoms with Crippen molar-refractivity contribution in [2.75, 3.05) is 0 Å². The fourth-order valence-corrected chi connectivity index (χ4v) is 10.5. The first-order valence-corrected chi connectivity index (χ1v) is 14.1. The van der Waals surface area contributed by atoms with E-state index in [2.05, 4.69) is 73.9 Å². The van der Waals surface area contributed by atoms with Gasteiger partial charge >= 0.3 is 25.8 Å². The van der Waals surface area contributed by atoms with E-state index in [1.165, 1.54) is 27.8 Å². The van der Waals surface area contributed by atoms with Gasteiger partial charge in [0.15, 0.2) is 0 Å². The van der Waals surface area contributed by atoms with E-state index in [0.717, 1.165) is 0 Å². The maximum absolute atomic E-state index is 4.82. The predicted octanol–water partition coefficient (Wildman–Crippen LogP) is -0.0170. The Hall–Kier alpha value is 1.19. The SMILES string of the molecule is C[Si](C)(C)[N-][Si](C)(C)C.Cc1c(C)c(C)[c-](C)c1C.[Cl-].[Cl-].[Hf+4]. The number of hydrogen-bond donors (Lipinski definition) is 0. The Morgan fingerprint density at radius 1 is 0.682 bits per heavy atom. The zero-order chi connectivity index (χ0) is 15.6. The van der Waals surface area contributed by atoms with Crippen LogP contribution in [-0.4, -0.2) is 16.5 Å². The van der Waals surface area contributed by atoms with Gasteiger partial charge in [-0.25, -0.2) is 0 Å². The molecule has 0 saturated heterocycles. The Bertz CT molecular complexity index is 341. The van der Waals surface area contributed by atoms with Crippen LogP contribution in [0.5, 0.6) is 0 Å². The summed E-state index contributed by atoms with van der Waals surface area (Å²) < 4.78 is 4.82. The molecule has 128 valence electrons. The van der Waals surface area contributed by atoms with Crippen molar-refractivity contribution < 1.29 is 50.7 Å². The van der Waals surface area contributed by atoms with Gasteiger partial charge in [-0.2, -0.15) is 27.8 Å². The van der Waals surface area contributed by atoms with Gasteiger partial charge in [-0.15, -0.1) is 0 Å². The first-order valence-electron chi connectivity index (χ1n) is 7.20. The van der Waals surface area contributed by atoms with Gasteiger partial charge in [0.2, 0.25) is 0 Å². The predicted molar refractivity (Wildman–Crippen MR) is 95.8 cm³/mol. The summed E-state index contributed by atoms with van der Waals surface area (Å²) in [6, 6.07) is 0. The molecule has 0 unspecified atom stereocenters. The van der Waals surface area contributed by atoms with E-state index in [-0.39, 0.29) is 50.7 Å². The number of nitrogens with zero attached hydrogens (tertiary/aromatic N) is 1. The van der Waals surface area contributed by atoms with Gasteiger partial charge in [0.25, 0.3) is 0 Å². The molecule has 1 aromatic carbocycles. The van der Waals surface area contributed by atoms with Crippen LogP contribution in [0.2, 0.25) is 39.3 Å². The molecule has 0 aliphatic heterocycles. The van der Waals surface area contributed by atoms with E-state index in [1.54, 1.807) is 0 Å². The van der Waals surface area contributed by atoms with E-state index >= 15 is 0 Å². The summed E-state index contributed by atoms with van der Waals surface area (Å²) in [6.45, 7) is 24.8. The van der Waals surface area contributed by atoms with Crippen LogP contribution in [0, 0.1) is 34.6 Å². The van der Waals surface area contributed by atoms with E-state index in [9.17, 15) is 0 Å². The fourth-order valence-electron chi connectivity index (χ4n) is 2.41. The molecule has 6 heteroatoms. The van der Waals surface area contributed by atoms with Crippen molar-refractivity contribution in [1.29, 1.82) is 0 Å². The van der Waals surface area contributed by atoms with Crippen molar-refractivity contribution in [3.63, 3.8) is 0 Å². The largest absolute Gasteiger partial charge is 4.00 e. The van der Waals surface area contributed by atoms with Crippen LogP contribution in [0.25, 0.3) is 4.65 Å². The van der Waals surface area contributed by atoms with E-state index < -0.39 is 16.5 Å². The van der Waals surface area contributed by atoms with Crippen LogP contribution < -0.4 is 24.8 Å². The molecule has 1 aromatic rings. The summed E-state index contributed by atoms with van der Waals surface area (Å²) in [6.07, 6.45) is 0. The van der Waals surface area contributed by atoms with Crippen LogP contribution in [0.15, 0.2) is 0 Å². The van der Waals surface area contributed by atoms with E-state index in [1.807, 2.05) is 0 Å². The van der Waals surface area contributed by atoms with Gasteiger partial charge in [-0.05, 0) is 0 Å². The van der Waals surface area contributed by atoms with Crippen LogP contribution >= 0.6 is 0 Å². The van der Waals surface area contributed by atoms with Gasteiger partial charge in [0.1, 0.15) is 0 Å². The molecule has 0 spiro atoms. The zero-order valence-electron chi connectivity index (χ0n) is 16.2. The van der Waals surface area contributed by atoms with E-state index in [0.29, 0.717) is 0 Å². The minimum atomic E-state index is -1.11. The van der Waals surface area contributed by atoms with Crippen LogP contribution in [0.4, 0.5) is 0 Å². The summed E-state index contributed by atoms with van der Waals surface area (Å²) >= 11 is 0. The van der Waals surface area contributed by atoms with Crippen LogP contribution in [0.1, 0.15) is 27.8 Å². The molecule has 0 saturated carbocycles. The van der Waals surface area contributed by atoms with Gasteiger partial charge in [0.05, 0.1) is 0 Å². The normalized spacial score (nSPS) is 10.5. The molecule has 0 heterocycles. The Morgan fingerprint density at radius 3 is 0.955 bits per heavy atom. The first-order chi connectivity index (χ1) is 8.26. The van der Waals surface area contributed by atoms with Gasteiger partial charge < -0.3 is 29.5 Å². The molecule has 0 aliphatic carbocycles. The van der Waals surface area contributed by atoms with Crippen molar-refractivity contribution in [3.8, 4) is 0 Å². The zero-order valence-corrected chi connectivity index (χ0v) is 23.3. The molecular formula is C16H33Cl2HfNSi2. The molecule has 0 atom stereocenters. The summed E-state index contributed by atoms with van der Waals surface area (Å²) in [5, 5.41) is 0. The third-order valence-electron chi connectivity index (χ3n) is 3.48. The Balaban J connectivity index is -0.000000130. The second-order valence-electron chi connectivity index (χ2n) is 7.58. The maximum atomic E-state index is 4.82. The van der Waals surface area contributed by atoms with Crippen molar-refractivity contribution in [2.24, 2.45) is 0 Å². The number of rotatable bonds is 2. The third-order valence-corrected chi connectivity index (χ3v) is 8.85. The number of halogens is 2. The second-order valence-corrected chi connectivity index (χ2v) is 17.2. The Labute approximate surface area is 172 Å². The smallest absolute Gasteiger partial charge is 1.00 e. The summed E-state index contributed by atoms with van der Waals surface area (Å²) in [5.41, 5.74) is 7.34. The molecule has 0 fully saturated rings. The molecule has 0 bridgehead atoms. The van der Waals surface area contributed by atoms with Crippen molar-refractivity contribution >= 4 is 16.5 Å². The Kier molecular flexibility index (Phi) is 16.5. The standard InChI is InChI=1S/C10H15.C6H18NSi2.2ClH.Hf/c1-6-7(2)9(4)10(5)8(6)3;1-8(2,3)7-9(4,5)6;;;/h1-5H3;1-6H3;2*1H;/q2*-1;;;+4/p-2. The molecule has 0 aliphatic rings. The average molecular weight is 545 g/mol. The van der Waals surface area contributed by atoms with Crippen molar-refractivity contribution in [3.05, 3.63) is 32.5 Å². The van der Waals surface area contributed by atoms with Crippen molar-refractivity contribution in [2.45, 2.75) is 73.9 Å². The maximum Gasteiger partial charge on any atom is 4.00 e. The number of hydrogen-bond acceptors (Lipinski definition) is 0.